The summed E-state index contributed by atoms with van der Waals surface area (Å²) in [6, 6.07) is 0. The molecule has 0 aliphatic heterocycles. The van der Waals surface area contributed by atoms with Crippen molar-refractivity contribution in [3.05, 3.63) is 0 Å². The van der Waals surface area contributed by atoms with Crippen LogP contribution in [0.1, 0.15) is 45.4 Å². The molecule has 0 amide bonds. The van der Waals surface area contributed by atoms with E-state index in [1.54, 1.807) is 0 Å². The quantitative estimate of drug-likeness (QED) is 0.0896. The first kappa shape index (κ1) is 53.4. The van der Waals surface area contributed by atoms with E-state index in [2.05, 4.69) is 6.92 Å². The zero-order valence-electron chi connectivity index (χ0n) is 33.7. The number of rotatable bonds is 51. The van der Waals surface area contributed by atoms with Crippen LogP contribution in [0.25, 0.3) is 0 Å². The van der Waals surface area contributed by atoms with Gasteiger partial charge >= 0.3 is 0 Å². The lowest BCUT2D eigenvalue weighted by Crippen LogP contribution is -2.15. The van der Waals surface area contributed by atoms with Crippen LogP contribution in [-0.2, 0) is 71.1 Å². The average molecular weight is 791 g/mol. The molecule has 326 valence electrons. The smallest absolute Gasteiger partial charge is 0.0701 e. The highest BCUT2D eigenvalue weighted by atomic mass is 16.6. The van der Waals surface area contributed by atoms with Gasteiger partial charge in [0.2, 0.25) is 0 Å². The van der Waals surface area contributed by atoms with E-state index in [1.165, 1.54) is 32.1 Å². The molecule has 0 aromatic heterocycles. The van der Waals surface area contributed by atoms with Crippen LogP contribution in [0.15, 0.2) is 0 Å². The lowest BCUT2D eigenvalue weighted by molar-refractivity contribution is -0.0301. The van der Waals surface area contributed by atoms with Gasteiger partial charge in [0, 0.05) is 6.61 Å². The molecule has 0 fully saturated rings. The Morgan fingerprint density at radius 2 is 0.370 bits per heavy atom. The van der Waals surface area contributed by atoms with Crippen molar-refractivity contribution in [2.45, 2.75) is 45.4 Å². The Hall–Kier alpha value is -0.640. The van der Waals surface area contributed by atoms with Crippen molar-refractivity contribution in [3.8, 4) is 0 Å². The fraction of sp³-hybridized carbons (Fsp3) is 1.00. The number of unbranched alkanes of at least 4 members (excludes halogenated alkanes) is 5. The molecule has 0 aliphatic rings. The summed E-state index contributed by atoms with van der Waals surface area (Å²) in [5, 5.41) is 8.59. The molecule has 0 radical (unpaired) electrons. The first-order valence-corrected chi connectivity index (χ1v) is 20.2. The maximum Gasteiger partial charge on any atom is 0.0701 e. The van der Waals surface area contributed by atoms with Crippen LogP contribution in [0.4, 0.5) is 0 Å². The van der Waals surface area contributed by atoms with Crippen molar-refractivity contribution >= 4 is 0 Å². The first-order chi connectivity index (χ1) is 26.9. The Morgan fingerprint density at radius 3 is 0.574 bits per heavy atom. The van der Waals surface area contributed by atoms with E-state index in [4.69, 9.17) is 76.2 Å². The van der Waals surface area contributed by atoms with Gasteiger partial charge in [-0.05, 0) is 6.42 Å². The summed E-state index contributed by atoms with van der Waals surface area (Å²) < 4.78 is 81.8. The van der Waals surface area contributed by atoms with E-state index in [0.717, 1.165) is 13.0 Å². The second-order valence-corrected chi connectivity index (χ2v) is 11.7. The molecule has 0 rings (SSSR count). The standard InChI is InChI=1S/C38H78O16/c1-2-3-4-5-6-7-9-40-11-13-42-15-17-44-19-21-46-23-25-48-27-29-50-31-33-52-35-37-54-38-36-53-34-32-51-30-28-49-26-24-47-22-20-45-18-16-43-14-12-41-10-8-39/h39H,2-38H2,1H3. The van der Waals surface area contributed by atoms with Crippen LogP contribution in [-0.4, -0.2) is 210 Å². The molecular formula is C38H78O16. The summed E-state index contributed by atoms with van der Waals surface area (Å²) in [4.78, 5) is 0. The van der Waals surface area contributed by atoms with Gasteiger partial charge < -0.3 is 76.2 Å². The second kappa shape index (κ2) is 52.4. The summed E-state index contributed by atoms with van der Waals surface area (Å²) in [5.74, 6) is 0. The highest BCUT2D eigenvalue weighted by Crippen LogP contribution is 2.04. The van der Waals surface area contributed by atoms with Crippen LogP contribution in [0.2, 0.25) is 0 Å². The van der Waals surface area contributed by atoms with Gasteiger partial charge in [-0.25, -0.2) is 0 Å². The van der Waals surface area contributed by atoms with E-state index in [-0.39, 0.29) is 6.61 Å². The third-order valence-electron chi connectivity index (χ3n) is 7.09. The topological polar surface area (TPSA) is 159 Å². The molecule has 0 unspecified atom stereocenters. The lowest BCUT2D eigenvalue weighted by Gasteiger charge is -2.09. The summed E-state index contributed by atoms with van der Waals surface area (Å²) in [5.41, 5.74) is 0. The molecule has 0 spiro atoms. The third kappa shape index (κ3) is 51.4. The predicted octanol–water partition coefficient (Wildman–Crippen LogP) is 2.59. The first-order valence-electron chi connectivity index (χ1n) is 20.2. The molecule has 0 atom stereocenters. The monoisotopic (exact) mass is 791 g/mol. The Morgan fingerprint density at radius 1 is 0.204 bits per heavy atom. The van der Waals surface area contributed by atoms with Crippen molar-refractivity contribution in [2.24, 2.45) is 0 Å². The molecule has 54 heavy (non-hydrogen) atoms. The molecule has 0 bridgehead atoms. The van der Waals surface area contributed by atoms with Gasteiger partial charge in [-0.2, -0.15) is 0 Å². The normalized spacial score (nSPS) is 11.7. The Balaban J connectivity index is 3.05. The second-order valence-electron chi connectivity index (χ2n) is 11.7. The molecule has 1 N–H and O–H groups in total. The van der Waals surface area contributed by atoms with Gasteiger partial charge in [-0.1, -0.05) is 39.0 Å². The Bertz CT molecular complexity index is 588. The van der Waals surface area contributed by atoms with Gasteiger partial charge in [-0.15, -0.1) is 0 Å². The maximum absolute atomic E-state index is 8.59. The molecule has 0 heterocycles. The molecule has 0 aliphatic carbocycles. The van der Waals surface area contributed by atoms with E-state index in [9.17, 15) is 0 Å². The largest absolute Gasteiger partial charge is 0.394 e. The zero-order valence-corrected chi connectivity index (χ0v) is 33.7. The van der Waals surface area contributed by atoms with Crippen molar-refractivity contribution < 1.29 is 76.2 Å². The SMILES string of the molecule is CCCCCCCCOCCOCCOCCOCCOCCOCCOCCOCCOCCOCCOCCOCCOCCOCCOCCO. The number of aliphatic hydroxyl groups is 1. The van der Waals surface area contributed by atoms with Gasteiger partial charge in [0.25, 0.3) is 0 Å². The zero-order chi connectivity index (χ0) is 38.8. The molecule has 0 aromatic carbocycles. The van der Waals surface area contributed by atoms with Crippen LogP contribution < -0.4 is 0 Å². The van der Waals surface area contributed by atoms with Crippen LogP contribution >= 0.6 is 0 Å². The number of hydrogen-bond donors (Lipinski definition) is 1. The van der Waals surface area contributed by atoms with Crippen LogP contribution in [0.3, 0.4) is 0 Å². The van der Waals surface area contributed by atoms with Crippen LogP contribution in [0.5, 0.6) is 0 Å². The Labute approximate surface area is 326 Å². The molecule has 0 aromatic rings. The molecular weight excluding hydrogens is 712 g/mol. The van der Waals surface area contributed by atoms with E-state index in [1.807, 2.05) is 0 Å². The molecule has 16 nitrogen and oxygen atoms in total. The average Bonchev–Trinajstić information content (AvgIpc) is 3.18. The fourth-order valence-corrected chi connectivity index (χ4v) is 4.23. The van der Waals surface area contributed by atoms with Gasteiger partial charge in [0.1, 0.15) is 0 Å². The highest BCUT2D eigenvalue weighted by molar-refractivity contribution is 4.44. The van der Waals surface area contributed by atoms with Crippen molar-refractivity contribution in [3.63, 3.8) is 0 Å². The minimum Gasteiger partial charge on any atom is -0.394 e. The summed E-state index contributed by atoms with van der Waals surface area (Å²) >= 11 is 0. The maximum atomic E-state index is 8.59. The van der Waals surface area contributed by atoms with E-state index < -0.39 is 0 Å². The van der Waals surface area contributed by atoms with Crippen molar-refractivity contribution in [2.75, 3.05) is 205 Å². The van der Waals surface area contributed by atoms with E-state index >= 15 is 0 Å². The van der Waals surface area contributed by atoms with Crippen molar-refractivity contribution in [1.29, 1.82) is 0 Å². The van der Waals surface area contributed by atoms with Crippen molar-refractivity contribution in [1.82, 2.24) is 0 Å². The number of ether oxygens (including phenoxy) is 15. The lowest BCUT2D eigenvalue weighted by atomic mass is 10.1. The molecule has 0 saturated carbocycles. The molecule has 16 heteroatoms. The summed E-state index contributed by atoms with van der Waals surface area (Å²) in [7, 11) is 0. The number of aliphatic hydroxyl groups excluding tert-OH is 1. The van der Waals surface area contributed by atoms with E-state index in [0.29, 0.717) is 192 Å². The van der Waals surface area contributed by atoms with Crippen LogP contribution in [0, 0.1) is 0 Å². The van der Waals surface area contributed by atoms with Gasteiger partial charge in [0.15, 0.2) is 0 Å². The molecule has 0 saturated heterocycles. The van der Waals surface area contributed by atoms with Gasteiger partial charge in [-0.3, -0.25) is 0 Å². The number of hydrogen-bond acceptors (Lipinski definition) is 16. The fourth-order valence-electron chi connectivity index (χ4n) is 4.23. The minimum absolute atomic E-state index is 0.0236. The highest BCUT2D eigenvalue weighted by Gasteiger charge is 1.98. The van der Waals surface area contributed by atoms with Gasteiger partial charge in [0.05, 0.1) is 198 Å². The summed E-state index contributed by atoms with van der Waals surface area (Å²) in [6.45, 7) is 17.9. The predicted molar refractivity (Wildman–Crippen MR) is 203 cm³/mol. The summed E-state index contributed by atoms with van der Waals surface area (Å²) in [6.07, 6.45) is 7.66. The Kier molecular flexibility index (Phi) is 51.7. The minimum atomic E-state index is 0.0236. The third-order valence-corrected chi connectivity index (χ3v) is 7.09.